The van der Waals surface area contributed by atoms with Crippen LogP contribution in [0.5, 0.6) is 0 Å². The van der Waals surface area contributed by atoms with Gasteiger partial charge in [0.1, 0.15) is 18.2 Å². The second kappa shape index (κ2) is 9.63. The molecular weight excluding hydrogens is 445 g/mol. The van der Waals surface area contributed by atoms with Crippen LogP contribution in [0.1, 0.15) is 24.5 Å². The highest BCUT2D eigenvalue weighted by Gasteiger charge is 2.17. The van der Waals surface area contributed by atoms with E-state index >= 15 is 0 Å². The molecule has 33 heavy (non-hydrogen) atoms. The van der Waals surface area contributed by atoms with Crippen molar-refractivity contribution in [2.75, 3.05) is 28.6 Å². The highest BCUT2D eigenvalue weighted by Crippen LogP contribution is 2.28. The standard InChI is InChI=1S/C23H19ClFN7O/c1-14(33)29-21-11-18(4-5-19(21)24)30-22-27-13-28-23(31-22)32-8-6-15(7-9-32)16-2-3-17(12-26)20(25)10-16/h2-6,10-11,13H,7-9H2,1H3,(H,29,33)(H,27,28,30,31). The van der Waals surface area contributed by atoms with Gasteiger partial charge in [0.05, 0.1) is 16.3 Å². The third kappa shape index (κ3) is 5.25. The highest BCUT2D eigenvalue weighted by molar-refractivity contribution is 6.33. The number of anilines is 4. The summed E-state index contributed by atoms with van der Waals surface area (Å²) in [6.45, 7) is 2.60. The lowest BCUT2D eigenvalue weighted by Gasteiger charge is -2.26. The van der Waals surface area contributed by atoms with Crippen LogP contribution in [0.4, 0.5) is 27.7 Å². The van der Waals surface area contributed by atoms with Crippen molar-refractivity contribution < 1.29 is 9.18 Å². The molecule has 10 heteroatoms. The topological polar surface area (TPSA) is 107 Å². The van der Waals surface area contributed by atoms with Gasteiger partial charge >= 0.3 is 0 Å². The first kappa shape index (κ1) is 22.2. The first-order valence-electron chi connectivity index (χ1n) is 10.1. The van der Waals surface area contributed by atoms with Crippen molar-refractivity contribution in [2.45, 2.75) is 13.3 Å². The molecule has 0 bridgehead atoms. The van der Waals surface area contributed by atoms with E-state index in [0.29, 0.717) is 47.8 Å². The van der Waals surface area contributed by atoms with Crippen molar-refractivity contribution in [3.63, 3.8) is 0 Å². The van der Waals surface area contributed by atoms with E-state index in [0.717, 1.165) is 11.1 Å². The zero-order valence-corrected chi connectivity index (χ0v) is 18.4. The molecule has 0 radical (unpaired) electrons. The monoisotopic (exact) mass is 463 g/mol. The number of benzene rings is 2. The van der Waals surface area contributed by atoms with Gasteiger partial charge < -0.3 is 15.5 Å². The fourth-order valence-electron chi connectivity index (χ4n) is 3.44. The normalized spacial score (nSPS) is 13.2. The Labute approximate surface area is 194 Å². The quantitative estimate of drug-likeness (QED) is 0.572. The second-order valence-electron chi connectivity index (χ2n) is 7.34. The van der Waals surface area contributed by atoms with Crippen LogP contribution in [0, 0.1) is 17.1 Å². The number of nitrogens with zero attached hydrogens (tertiary/aromatic N) is 5. The van der Waals surface area contributed by atoms with Gasteiger partial charge in [-0.2, -0.15) is 10.2 Å². The molecule has 1 aromatic heterocycles. The molecule has 8 nitrogen and oxygen atoms in total. The molecule has 4 rings (SSSR count). The third-order valence-corrected chi connectivity index (χ3v) is 5.37. The Morgan fingerprint density at radius 1 is 1.24 bits per heavy atom. The maximum atomic E-state index is 14.0. The van der Waals surface area contributed by atoms with E-state index in [1.54, 1.807) is 24.3 Å². The Morgan fingerprint density at radius 3 is 2.79 bits per heavy atom. The zero-order valence-electron chi connectivity index (χ0n) is 17.6. The average molecular weight is 464 g/mol. The predicted molar refractivity (Wildman–Crippen MR) is 125 cm³/mol. The van der Waals surface area contributed by atoms with E-state index in [9.17, 15) is 9.18 Å². The Hall–Kier alpha value is -4.03. The van der Waals surface area contributed by atoms with Gasteiger partial charge in [-0.25, -0.2) is 14.4 Å². The Bertz CT molecular complexity index is 1290. The number of amides is 1. The number of rotatable bonds is 5. The predicted octanol–water partition coefficient (Wildman–Crippen LogP) is 4.53. The van der Waals surface area contributed by atoms with Gasteiger partial charge in [0.15, 0.2) is 0 Å². The average Bonchev–Trinajstić information content (AvgIpc) is 2.81. The molecule has 3 aromatic rings. The summed E-state index contributed by atoms with van der Waals surface area (Å²) in [4.78, 5) is 26.3. The van der Waals surface area contributed by atoms with Gasteiger partial charge in [-0.3, -0.25) is 4.79 Å². The van der Waals surface area contributed by atoms with Crippen LogP contribution in [0.2, 0.25) is 5.02 Å². The van der Waals surface area contributed by atoms with Gasteiger partial charge in [-0.1, -0.05) is 23.7 Å². The van der Waals surface area contributed by atoms with Crippen LogP contribution in [-0.4, -0.2) is 33.9 Å². The summed E-state index contributed by atoms with van der Waals surface area (Å²) in [5, 5.41) is 15.1. The van der Waals surface area contributed by atoms with Crippen LogP contribution in [-0.2, 0) is 4.79 Å². The first-order chi connectivity index (χ1) is 15.9. The molecule has 2 heterocycles. The van der Waals surface area contributed by atoms with Crippen molar-refractivity contribution in [3.05, 3.63) is 70.8 Å². The summed E-state index contributed by atoms with van der Waals surface area (Å²) in [6.07, 6.45) is 4.10. The van der Waals surface area contributed by atoms with Crippen molar-refractivity contribution in [1.82, 2.24) is 15.0 Å². The van der Waals surface area contributed by atoms with Crippen LogP contribution in [0.15, 0.2) is 48.8 Å². The van der Waals surface area contributed by atoms with E-state index < -0.39 is 5.82 Å². The van der Waals surface area contributed by atoms with Gasteiger partial charge in [0.25, 0.3) is 0 Å². The van der Waals surface area contributed by atoms with Crippen molar-refractivity contribution in [1.29, 1.82) is 5.26 Å². The Kier molecular flexibility index (Phi) is 6.47. The summed E-state index contributed by atoms with van der Waals surface area (Å²) in [6, 6.07) is 11.6. The van der Waals surface area contributed by atoms with E-state index in [4.69, 9.17) is 16.9 Å². The molecule has 0 spiro atoms. The fraction of sp³-hybridized carbons (Fsp3) is 0.174. The minimum absolute atomic E-state index is 0.0342. The molecule has 0 saturated carbocycles. The largest absolute Gasteiger partial charge is 0.337 e. The lowest BCUT2D eigenvalue weighted by Crippen LogP contribution is -2.30. The molecule has 0 unspecified atom stereocenters. The van der Waals surface area contributed by atoms with Crippen LogP contribution >= 0.6 is 11.6 Å². The molecule has 0 atom stereocenters. The molecule has 1 amide bonds. The number of nitriles is 1. The van der Waals surface area contributed by atoms with Crippen LogP contribution in [0.3, 0.4) is 0 Å². The maximum Gasteiger partial charge on any atom is 0.232 e. The van der Waals surface area contributed by atoms with E-state index in [2.05, 4.69) is 25.6 Å². The second-order valence-corrected chi connectivity index (χ2v) is 7.75. The molecule has 166 valence electrons. The van der Waals surface area contributed by atoms with E-state index in [1.165, 1.54) is 25.4 Å². The first-order valence-corrected chi connectivity index (χ1v) is 10.5. The number of carbonyl (C=O) groups excluding carboxylic acids is 1. The molecule has 1 aliphatic rings. The van der Waals surface area contributed by atoms with Crippen molar-refractivity contribution in [3.8, 4) is 6.07 Å². The van der Waals surface area contributed by atoms with Gasteiger partial charge in [-0.05, 0) is 47.9 Å². The summed E-state index contributed by atoms with van der Waals surface area (Å²) >= 11 is 6.12. The Morgan fingerprint density at radius 2 is 2.09 bits per heavy atom. The fourth-order valence-corrected chi connectivity index (χ4v) is 3.60. The molecule has 0 aliphatic carbocycles. The summed E-state index contributed by atoms with van der Waals surface area (Å²) in [5.41, 5.74) is 2.95. The third-order valence-electron chi connectivity index (χ3n) is 5.04. The summed E-state index contributed by atoms with van der Waals surface area (Å²) < 4.78 is 14.0. The molecule has 2 aromatic carbocycles. The van der Waals surface area contributed by atoms with Gasteiger partial charge in [0.2, 0.25) is 17.8 Å². The minimum Gasteiger partial charge on any atom is -0.337 e. The van der Waals surface area contributed by atoms with E-state index in [-0.39, 0.29) is 11.5 Å². The van der Waals surface area contributed by atoms with Gasteiger partial charge in [0, 0.05) is 25.7 Å². The van der Waals surface area contributed by atoms with Crippen molar-refractivity contribution >= 4 is 46.4 Å². The van der Waals surface area contributed by atoms with Crippen molar-refractivity contribution in [2.24, 2.45) is 0 Å². The number of aromatic nitrogens is 3. The molecule has 1 aliphatic heterocycles. The lowest BCUT2D eigenvalue weighted by atomic mass is 9.98. The summed E-state index contributed by atoms with van der Waals surface area (Å²) in [5.74, 6) is 0.109. The number of hydrogen-bond donors (Lipinski definition) is 2. The van der Waals surface area contributed by atoms with Crippen LogP contribution < -0.4 is 15.5 Å². The molecular formula is C23H19ClFN7O. The molecule has 0 saturated heterocycles. The number of halogens is 2. The number of carbonyl (C=O) groups is 1. The smallest absolute Gasteiger partial charge is 0.232 e. The highest BCUT2D eigenvalue weighted by atomic mass is 35.5. The maximum absolute atomic E-state index is 14.0. The Balaban J connectivity index is 1.47. The van der Waals surface area contributed by atoms with Gasteiger partial charge in [-0.15, -0.1) is 0 Å². The molecule has 2 N–H and O–H groups in total. The number of nitrogens with one attached hydrogen (secondary N) is 2. The lowest BCUT2D eigenvalue weighted by molar-refractivity contribution is -0.114. The number of hydrogen-bond acceptors (Lipinski definition) is 7. The van der Waals surface area contributed by atoms with Crippen LogP contribution in [0.25, 0.3) is 5.57 Å². The summed E-state index contributed by atoms with van der Waals surface area (Å²) in [7, 11) is 0. The zero-order chi connectivity index (χ0) is 23.4. The SMILES string of the molecule is CC(=O)Nc1cc(Nc2ncnc(N3CC=C(c4ccc(C#N)c(F)c4)CC3)n2)ccc1Cl. The molecule has 0 fully saturated rings. The van der Waals surface area contributed by atoms with E-state index in [1.807, 2.05) is 17.0 Å². The minimum atomic E-state index is -0.518.